The molecule has 1 unspecified atom stereocenters. The average molecular weight is 324 g/mol. The summed E-state index contributed by atoms with van der Waals surface area (Å²) in [4.78, 5) is 4.10. The Morgan fingerprint density at radius 3 is 3.06 bits per heavy atom. The Morgan fingerprint density at radius 2 is 2.22 bits per heavy atom. The van der Waals surface area contributed by atoms with Crippen LogP contribution in [0.4, 0.5) is 5.69 Å². The number of anilines is 1. The third-order valence-corrected chi connectivity index (χ3v) is 4.10. The van der Waals surface area contributed by atoms with Gasteiger partial charge in [0, 0.05) is 10.7 Å². The maximum absolute atomic E-state index is 6.14. The molecule has 1 aliphatic carbocycles. The predicted molar refractivity (Wildman–Crippen MR) is 78.1 cm³/mol. The molecule has 1 aliphatic rings. The number of aromatic nitrogens is 1. The molecule has 0 bridgehead atoms. The van der Waals surface area contributed by atoms with E-state index in [9.17, 15) is 0 Å². The molecule has 0 radical (unpaired) electrons. The summed E-state index contributed by atoms with van der Waals surface area (Å²) in [5.74, 6) is 0. The molecule has 0 amide bonds. The zero-order chi connectivity index (χ0) is 12.5. The van der Waals surface area contributed by atoms with Crippen LogP contribution in [-0.4, -0.2) is 4.98 Å². The highest BCUT2D eigenvalue weighted by Gasteiger charge is 2.22. The van der Waals surface area contributed by atoms with Crippen LogP contribution in [0.3, 0.4) is 0 Å². The molecule has 1 N–H and O–H groups in total. The first-order valence-electron chi connectivity index (χ1n) is 5.88. The van der Waals surface area contributed by atoms with E-state index in [1.807, 2.05) is 0 Å². The Hall–Kier alpha value is -1.06. The van der Waals surface area contributed by atoms with Gasteiger partial charge < -0.3 is 5.32 Å². The quantitative estimate of drug-likeness (QED) is 0.874. The molecule has 2 nitrogen and oxygen atoms in total. The average Bonchev–Trinajstić information content (AvgIpc) is 2.74. The molecule has 3 rings (SSSR count). The van der Waals surface area contributed by atoms with Crippen molar-refractivity contribution in [3.63, 3.8) is 0 Å². The lowest BCUT2D eigenvalue weighted by Gasteiger charge is -2.16. The summed E-state index contributed by atoms with van der Waals surface area (Å²) < 4.78 is 1.14. The second-order valence-electron chi connectivity index (χ2n) is 4.43. The number of rotatable bonds is 2. The van der Waals surface area contributed by atoms with E-state index in [4.69, 9.17) is 11.6 Å². The van der Waals surface area contributed by atoms with Crippen LogP contribution in [0.1, 0.15) is 23.6 Å². The largest absolute Gasteiger partial charge is 0.376 e. The number of halogens is 2. The molecule has 1 atom stereocenters. The molecule has 1 aromatic carbocycles. The van der Waals surface area contributed by atoms with Crippen molar-refractivity contribution in [1.82, 2.24) is 4.98 Å². The van der Waals surface area contributed by atoms with Gasteiger partial charge in [-0.2, -0.15) is 0 Å². The number of nitrogens with zero attached hydrogens (tertiary/aromatic N) is 1. The summed E-state index contributed by atoms with van der Waals surface area (Å²) in [6, 6.07) is 8.59. The van der Waals surface area contributed by atoms with Crippen LogP contribution in [0.2, 0.25) is 5.02 Å². The van der Waals surface area contributed by atoms with Gasteiger partial charge in [0.15, 0.2) is 0 Å². The van der Waals surface area contributed by atoms with Crippen molar-refractivity contribution in [2.24, 2.45) is 0 Å². The monoisotopic (exact) mass is 322 g/mol. The van der Waals surface area contributed by atoms with Gasteiger partial charge in [-0.1, -0.05) is 33.6 Å². The van der Waals surface area contributed by atoms with E-state index >= 15 is 0 Å². The Kier molecular flexibility index (Phi) is 3.27. The van der Waals surface area contributed by atoms with Gasteiger partial charge in [0.2, 0.25) is 0 Å². The zero-order valence-corrected chi connectivity index (χ0v) is 12.0. The fourth-order valence-corrected chi connectivity index (χ4v) is 2.98. The van der Waals surface area contributed by atoms with E-state index < -0.39 is 0 Å². The van der Waals surface area contributed by atoms with Crippen LogP contribution in [0.15, 0.2) is 41.1 Å². The van der Waals surface area contributed by atoms with Crippen molar-refractivity contribution in [3.05, 3.63) is 57.3 Å². The molecule has 1 heterocycles. The lowest BCUT2D eigenvalue weighted by Crippen LogP contribution is -2.07. The van der Waals surface area contributed by atoms with Crippen LogP contribution in [-0.2, 0) is 6.42 Å². The summed E-state index contributed by atoms with van der Waals surface area (Å²) in [5, 5.41) is 4.19. The number of fused-ring (bicyclic) bond motifs is 1. The van der Waals surface area contributed by atoms with Gasteiger partial charge in [0.05, 0.1) is 22.9 Å². The fraction of sp³-hybridized carbons (Fsp3) is 0.214. The van der Waals surface area contributed by atoms with Gasteiger partial charge in [-0.3, -0.25) is 4.98 Å². The van der Waals surface area contributed by atoms with Crippen molar-refractivity contribution in [2.75, 3.05) is 5.32 Å². The Labute approximate surface area is 120 Å². The molecule has 0 fully saturated rings. The fourth-order valence-electron chi connectivity index (χ4n) is 2.41. The van der Waals surface area contributed by atoms with E-state index in [2.05, 4.69) is 44.4 Å². The van der Waals surface area contributed by atoms with E-state index in [1.165, 1.54) is 11.1 Å². The van der Waals surface area contributed by atoms with E-state index in [-0.39, 0.29) is 0 Å². The molecule has 4 heteroatoms. The topological polar surface area (TPSA) is 24.9 Å². The summed E-state index contributed by atoms with van der Waals surface area (Å²) >= 11 is 9.66. The van der Waals surface area contributed by atoms with Crippen LogP contribution in [0, 0.1) is 0 Å². The highest BCUT2D eigenvalue weighted by molar-refractivity contribution is 9.10. The zero-order valence-electron chi connectivity index (χ0n) is 9.66. The van der Waals surface area contributed by atoms with Crippen molar-refractivity contribution < 1.29 is 0 Å². The van der Waals surface area contributed by atoms with Gasteiger partial charge in [-0.15, -0.1) is 0 Å². The van der Waals surface area contributed by atoms with E-state index in [1.54, 1.807) is 18.5 Å². The Morgan fingerprint density at radius 1 is 1.33 bits per heavy atom. The molecule has 18 heavy (non-hydrogen) atoms. The number of aryl methyl sites for hydroxylation is 1. The summed E-state index contributed by atoms with van der Waals surface area (Å²) in [5.41, 5.74) is 3.67. The van der Waals surface area contributed by atoms with Gasteiger partial charge in [-0.25, -0.2) is 0 Å². The number of nitrogens with one attached hydrogen (secondary N) is 1. The standard InChI is InChI=1S/C14H12BrClN2/c15-10-2-3-11-9(7-10)1-4-13(11)18-14-8-17-6-5-12(14)16/h2-3,5-8,13,18H,1,4H2. The summed E-state index contributed by atoms with van der Waals surface area (Å²) in [7, 11) is 0. The molecule has 1 aromatic heterocycles. The lowest BCUT2D eigenvalue weighted by molar-refractivity contribution is 0.761. The van der Waals surface area contributed by atoms with Crippen LogP contribution in [0.25, 0.3) is 0 Å². The molecular formula is C14H12BrClN2. The third-order valence-electron chi connectivity index (χ3n) is 3.28. The minimum atomic E-state index is 0.329. The lowest BCUT2D eigenvalue weighted by atomic mass is 10.1. The minimum Gasteiger partial charge on any atom is -0.376 e. The van der Waals surface area contributed by atoms with Gasteiger partial charge in [-0.05, 0) is 42.2 Å². The Bertz CT molecular complexity index is 586. The maximum atomic E-state index is 6.14. The highest BCUT2D eigenvalue weighted by Crippen LogP contribution is 2.36. The molecule has 0 saturated carbocycles. The van der Waals surface area contributed by atoms with Crippen molar-refractivity contribution >= 4 is 33.2 Å². The third kappa shape index (κ3) is 2.25. The number of benzene rings is 1. The molecule has 0 spiro atoms. The van der Waals surface area contributed by atoms with Gasteiger partial charge in [0.1, 0.15) is 0 Å². The maximum Gasteiger partial charge on any atom is 0.0720 e. The smallest absolute Gasteiger partial charge is 0.0720 e. The highest BCUT2D eigenvalue weighted by atomic mass is 79.9. The normalized spacial score (nSPS) is 17.6. The second-order valence-corrected chi connectivity index (χ2v) is 5.76. The first-order valence-corrected chi connectivity index (χ1v) is 7.05. The summed E-state index contributed by atoms with van der Waals surface area (Å²) in [6.45, 7) is 0. The molecule has 2 aromatic rings. The van der Waals surface area contributed by atoms with Gasteiger partial charge >= 0.3 is 0 Å². The van der Waals surface area contributed by atoms with Crippen molar-refractivity contribution in [2.45, 2.75) is 18.9 Å². The first-order chi connectivity index (χ1) is 8.74. The number of hydrogen-bond donors (Lipinski definition) is 1. The van der Waals surface area contributed by atoms with E-state index in [0.29, 0.717) is 6.04 Å². The number of pyridine rings is 1. The van der Waals surface area contributed by atoms with Crippen LogP contribution >= 0.6 is 27.5 Å². The molecular weight excluding hydrogens is 312 g/mol. The first kappa shape index (κ1) is 12.0. The second kappa shape index (κ2) is 4.90. The molecule has 92 valence electrons. The SMILES string of the molecule is Clc1ccncc1NC1CCc2cc(Br)ccc21. The van der Waals surface area contributed by atoms with E-state index in [0.717, 1.165) is 28.0 Å². The van der Waals surface area contributed by atoms with Crippen LogP contribution < -0.4 is 5.32 Å². The van der Waals surface area contributed by atoms with Crippen molar-refractivity contribution in [3.8, 4) is 0 Å². The van der Waals surface area contributed by atoms with Crippen LogP contribution in [0.5, 0.6) is 0 Å². The summed E-state index contributed by atoms with van der Waals surface area (Å²) in [6.07, 6.45) is 5.67. The van der Waals surface area contributed by atoms with Gasteiger partial charge in [0.25, 0.3) is 0 Å². The predicted octanol–water partition coefficient (Wildman–Crippen LogP) is 4.60. The minimum absolute atomic E-state index is 0.329. The Balaban J connectivity index is 1.87. The number of hydrogen-bond acceptors (Lipinski definition) is 2. The molecule has 0 aliphatic heterocycles. The van der Waals surface area contributed by atoms with Crippen molar-refractivity contribution in [1.29, 1.82) is 0 Å². The molecule has 0 saturated heterocycles.